The lowest BCUT2D eigenvalue weighted by Gasteiger charge is -1.96. The number of hydrogen-bond donors (Lipinski definition) is 1. The minimum absolute atomic E-state index is 0.670. The molecule has 1 N–H and O–H groups in total. The molecule has 0 bridgehead atoms. The van der Waals surface area contributed by atoms with Gasteiger partial charge in [-0.05, 0) is 18.2 Å². The van der Waals surface area contributed by atoms with Crippen LogP contribution < -0.4 is 0 Å². The summed E-state index contributed by atoms with van der Waals surface area (Å²) in [7, 11) is 0. The lowest BCUT2D eigenvalue weighted by atomic mass is 10.4. The number of benzene rings is 1. The molecule has 0 spiro atoms. The van der Waals surface area contributed by atoms with Crippen LogP contribution in [0.5, 0.6) is 0 Å². The van der Waals surface area contributed by atoms with E-state index >= 15 is 0 Å². The van der Waals surface area contributed by atoms with Gasteiger partial charge >= 0.3 is 0 Å². The predicted molar refractivity (Wildman–Crippen MR) is 56.1 cm³/mol. The highest BCUT2D eigenvalue weighted by atomic mass is 32.2. The molecular formula is C11H8N2S. The van der Waals surface area contributed by atoms with Crippen LogP contribution in [0.4, 0.5) is 0 Å². The summed E-state index contributed by atoms with van der Waals surface area (Å²) in [5, 5.41) is 9.63. The summed E-state index contributed by atoms with van der Waals surface area (Å²) in [6.45, 7) is 0. The van der Waals surface area contributed by atoms with E-state index in [9.17, 15) is 0 Å². The molecule has 14 heavy (non-hydrogen) atoms. The van der Waals surface area contributed by atoms with E-state index in [1.807, 2.05) is 36.4 Å². The van der Waals surface area contributed by atoms with Crippen LogP contribution in [0.3, 0.4) is 0 Å². The quantitative estimate of drug-likeness (QED) is 0.809. The number of hydrogen-bond acceptors (Lipinski definition) is 2. The number of nitrogens with one attached hydrogen (secondary N) is 1. The highest BCUT2D eigenvalue weighted by Gasteiger charge is 1.99. The fourth-order valence-corrected chi connectivity index (χ4v) is 1.96. The lowest BCUT2D eigenvalue weighted by molar-refractivity contribution is 1.20. The van der Waals surface area contributed by atoms with Crippen molar-refractivity contribution in [1.82, 2.24) is 4.98 Å². The number of aromatic nitrogens is 1. The molecule has 0 amide bonds. The topological polar surface area (TPSA) is 39.6 Å². The van der Waals surface area contributed by atoms with E-state index in [2.05, 4.69) is 11.1 Å². The maximum atomic E-state index is 8.64. The van der Waals surface area contributed by atoms with Crippen molar-refractivity contribution in [2.24, 2.45) is 0 Å². The van der Waals surface area contributed by atoms with E-state index < -0.39 is 0 Å². The Morgan fingerprint density at radius 2 is 2.00 bits per heavy atom. The van der Waals surface area contributed by atoms with Gasteiger partial charge in [0.25, 0.3) is 0 Å². The zero-order chi connectivity index (χ0) is 9.80. The normalized spacial score (nSPS) is 9.64. The van der Waals surface area contributed by atoms with Gasteiger partial charge in [0.05, 0.1) is 10.6 Å². The average Bonchev–Trinajstić information content (AvgIpc) is 2.67. The van der Waals surface area contributed by atoms with Gasteiger partial charge in [-0.3, -0.25) is 0 Å². The Morgan fingerprint density at radius 1 is 1.21 bits per heavy atom. The molecule has 0 saturated carbocycles. The molecule has 0 aliphatic carbocycles. The molecule has 68 valence electrons. The maximum absolute atomic E-state index is 8.64. The molecule has 0 saturated heterocycles. The summed E-state index contributed by atoms with van der Waals surface area (Å²) in [5.41, 5.74) is 0.670. The molecule has 2 nitrogen and oxygen atoms in total. The van der Waals surface area contributed by atoms with E-state index in [0.29, 0.717) is 5.56 Å². The van der Waals surface area contributed by atoms with E-state index in [0.717, 1.165) is 5.03 Å². The predicted octanol–water partition coefficient (Wildman–Crippen LogP) is 3.04. The second-order valence-electron chi connectivity index (χ2n) is 2.78. The van der Waals surface area contributed by atoms with Crippen LogP contribution in [0.25, 0.3) is 0 Å². The third-order valence-corrected chi connectivity index (χ3v) is 2.72. The summed E-state index contributed by atoms with van der Waals surface area (Å²) in [5.74, 6) is 0. The van der Waals surface area contributed by atoms with Crippen molar-refractivity contribution in [3.8, 4) is 6.07 Å². The first-order chi connectivity index (χ1) is 6.88. The molecule has 0 aliphatic heterocycles. The van der Waals surface area contributed by atoms with Gasteiger partial charge in [0.15, 0.2) is 0 Å². The molecular weight excluding hydrogens is 192 g/mol. The van der Waals surface area contributed by atoms with Gasteiger partial charge in [-0.2, -0.15) is 5.26 Å². The fourth-order valence-electron chi connectivity index (χ4n) is 1.11. The van der Waals surface area contributed by atoms with Crippen LogP contribution in [0.1, 0.15) is 5.56 Å². The Balaban J connectivity index is 2.16. The fraction of sp³-hybridized carbons (Fsp3) is 0. The highest BCUT2D eigenvalue weighted by molar-refractivity contribution is 7.99. The van der Waals surface area contributed by atoms with Crippen molar-refractivity contribution in [1.29, 1.82) is 5.26 Å². The Hall–Kier alpha value is -1.66. The first-order valence-electron chi connectivity index (χ1n) is 4.20. The Labute approximate surface area is 86.6 Å². The first-order valence-corrected chi connectivity index (χ1v) is 5.01. The van der Waals surface area contributed by atoms with Crippen LogP contribution in [-0.2, 0) is 0 Å². The van der Waals surface area contributed by atoms with E-state index in [4.69, 9.17) is 5.26 Å². The third kappa shape index (κ3) is 1.98. The number of rotatable bonds is 2. The number of aromatic amines is 1. The van der Waals surface area contributed by atoms with Crippen molar-refractivity contribution in [2.45, 2.75) is 9.92 Å². The van der Waals surface area contributed by atoms with Crippen LogP contribution in [-0.4, -0.2) is 4.98 Å². The van der Waals surface area contributed by atoms with Gasteiger partial charge in [-0.25, -0.2) is 0 Å². The van der Waals surface area contributed by atoms with Gasteiger partial charge in [-0.1, -0.05) is 30.0 Å². The van der Waals surface area contributed by atoms with Crippen LogP contribution >= 0.6 is 11.8 Å². The maximum Gasteiger partial charge on any atom is 0.101 e. The second kappa shape index (κ2) is 4.03. The van der Waals surface area contributed by atoms with Crippen molar-refractivity contribution in [3.63, 3.8) is 0 Å². The minimum atomic E-state index is 0.670. The Bertz CT molecular complexity index is 454. The van der Waals surface area contributed by atoms with Gasteiger partial charge < -0.3 is 4.98 Å². The Kier molecular flexibility index (Phi) is 2.57. The van der Waals surface area contributed by atoms with Crippen molar-refractivity contribution >= 4 is 11.8 Å². The average molecular weight is 200 g/mol. The van der Waals surface area contributed by atoms with E-state index in [1.165, 1.54) is 4.90 Å². The molecule has 0 atom stereocenters. The molecule has 1 aromatic carbocycles. The standard InChI is InChI=1S/C11H8N2S/c12-7-9-6-11(13-8-9)14-10-4-2-1-3-5-10/h1-6,8,13H. The van der Waals surface area contributed by atoms with Gasteiger partial charge in [0.2, 0.25) is 0 Å². The van der Waals surface area contributed by atoms with E-state index in [-0.39, 0.29) is 0 Å². The summed E-state index contributed by atoms with van der Waals surface area (Å²) in [6, 6.07) is 14.0. The minimum Gasteiger partial charge on any atom is -0.355 e. The summed E-state index contributed by atoms with van der Waals surface area (Å²) >= 11 is 1.62. The molecule has 0 unspecified atom stereocenters. The molecule has 1 aromatic heterocycles. The SMILES string of the molecule is N#Cc1c[nH]c(Sc2ccccc2)c1. The molecule has 0 fully saturated rings. The lowest BCUT2D eigenvalue weighted by Crippen LogP contribution is -1.70. The molecule has 2 aromatic rings. The van der Waals surface area contributed by atoms with Crippen LogP contribution in [0.15, 0.2) is 52.5 Å². The van der Waals surface area contributed by atoms with Crippen molar-refractivity contribution < 1.29 is 0 Å². The van der Waals surface area contributed by atoms with Gasteiger partial charge in [-0.15, -0.1) is 0 Å². The van der Waals surface area contributed by atoms with Crippen LogP contribution in [0.2, 0.25) is 0 Å². The monoisotopic (exact) mass is 200 g/mol. The first kappa shape index (κ1) is 8.92. The summed E-state index contributed by atoms with van der Waals surface area (Å²) < 4.78 is 0. The molecule has 0 aliphatic rings. The highest BCUT2D eigenvalue weighted by Crippen LogP contribution is 2.26. The van der Waals surface area contributed by atoms with Crippen molar-refractivity contribution in [3.05, 3.63) is 48.2 Å². The third-order valence-electron chi connectivity index (χ3n) is 1.76. The van der Waals surface area contributed by atoms with Gasteiger partial charge in [0, 0.05) is 11.1 Å². The molecule has 1 heterocycles. The van der Waals surface area contributed by atoms with Crippen LogP contribution in [0, 0.1) is 11.3 Å². The van der Waals surface area contributed by atoms with Crippen molar-refractivity contribution in [2.75, 3.05) is 0 Å². The summed E-state index contributed by atoms with van der Waals surface area (Å²) in [6.07, 6.45) is 1.71. The smallest absolute Gasteiger partial charge is 0.101 e. The number of nitriles is 1. The molecule has 3 heteroatoms. The molecule has 2 rings (SSSR count). The number of H-pyrrole nitrogens is 1. The zero-order valence-corrected chi connectivity index (χ0v) is 8.21. The zero-order valence-electron chi connectivity index (χ0n) is 7.40. The molecule has 0 radical (unpaired) electrons. The Morgan fingerprint density at radius 3 is 2.64 bits per heavy atom. The number of nitrogens with zero attached hydrogens (tertiary/aromatic N) is 1. The van der Waals surface area contributed by atoms with E-state index in [1.54, 1.807) is 18.0 Å². The van der Waals surface area contributed by atoms with Gasteiger partial charge in [0.1, 0.15) is 6.07 Å². The summed E-state index contributed by atoms with van der Waals surface area (Å²) in [4.78, 5) is 4.21. The largest absolute Gasteiger partial charge is 0.355 e. The second-order valence-corrected chi connectivity index (χ2v) is 3.89.